The summed E-state index contributed by atoms with van der Waals surface area (Å²) in [5.41, 5.74) is 6.12. The van der Waals surface area contributed by atoms with Crippen LogP contribution >= 0.6 is 0 Å². The van der Waals surface area contributed by atoms with E-state index < -0.39 is 10.0 Å². The van der Waals surface area contributed by atoms with Gasteiger partial charge in [0.2, 0.25) is 15.9 Å². The number of ether oxygens (including phenoxy) is 1. The lowest BCUT2D eigenvalue weighted by Gasteiger charge is -2.30. The van der Waals surface area contributed by atoms with Crippen molar-refractivity contribution in [3.05, 3.63) is 23.8 Å². The molecule has 7 heteroatoms. The molecule has 1 aliphatic rings. The minimum Gasteiger partial charge on any atom is -0.495 e. The number of piperidine rings is 1. The van der Waals surface area contributed by atoms with Gasteiger partial charge in [0.1, 0.15) is 10.6 Å². The molecule has 0 bridgehead atoms. The first-order valence-electron chi connectivity index (χ1n) is 6.80. The molecule has 6 nitrogen and oxygen atoms in total. The lowest BCUT2D eigenvalue weighted by Crippen LogP contribution is -2.41. The molecule has 1 aromatic carbocycles. The van der Waals surface area contributed by atoms with Crippen LogP contribution in [0.5, 0.6) is 5.75 Å². The molecule has 2 N–H and O–H groups in total. The third-order valence-corrected chi connectivity index (χ3v) is 5.71. The molecule has 2 rings (SSSR count). The summed E-state index contributed by atoms with van der Waals surface area (Å²) < 4.78 is 32.0. The summed E-state index contributed by atoms with van der Waals surface area (Å²) in [6, 6.07) is 5.06. The molecule has 21 heavy (non-hydrogen) atoms. The summed E-state index contributed by atoms with van der Waals surface area (Å²) in [7, 11) is -2.17. The minimum absolute atomic E-state index is 0.169. The van der Waals surface area contributed by atoms with E-state index in [9.17, 15) is 13.2 Å². The van der Waals surface area contributed by atoms with E-state index in [-0.39, 0.29) is 16.7 Å². The lowest BCUT2D eigenvalue weighted by molar-refractivity contribution is -0.122. The van der Waals surface area contributed by atoms with Gasteiger partial charge in [-0.25, -0.2) is 8.42 Å². The fourth-order valence-corrected chi connectivity index (χ4v) is 4.22. The fraction of sp³-hybridized carbons (Fsp3) is 0.500. The van der Waals surface area contributed by atoms with Crippen molar-refractivity contribution in [3.63, 3.8) is 0 Å². The van der Waals surface area contributed by atoms with E-state index in [1.807, 2.05) is 6.92 Å². The summed E-state index contributed by atoms with van der Waals surface area (Å²) in [5.74, 6) is -0.270. The number of nitrogens with zero attached hydrogens (tertiary/aromatic N) is 1. The molecule has 1 saturated heterocycles. The molecule has 1 aliphatic heterocycles. The zero-order chi connectivity index (χ0) is 15.6. The van der Waals surface area contributed by atoms with Gasteiger partial charge in [0.05, 0.1) is 7.11 Å². The highest BCUT2D eigenvalue weighted by Gasteiger charge is 2.33. The number of sulfonamides is 1. The highest BCUT2D eigenvalue weighted by molar-refractivity contribution is 7.89. The maximum Gasteiger partial charge on any atom is 0.246 e. The molecule has 0 saturated carbocycles. The number of carbonyl (C=O) groups is 1. The van der Waals surface area contributed by atoms with Gasteiger partial charge >= 0.3 is 0 Å². The van der Waals surface area contributed by atoms with Gasteiger partial charge in [-0.2, -0.15) is 4.31 Å². The second kappa shape index (κ2) is 6.03. The Kier molecular flexibility index (Phi) is 4.53. The Morgan fingerprint density at radius 1 is 1.33 bits per heavy atom. The first-order valence-corrected chi connectivity index (χ1v) is 8.24. The van der Waals surface area contributed by atoms with Crippen LogP contribution in [-0.4, -0.2) is 38.8 Å². The molecular formula is C14H20N2O4S. The van der Waals surface area contributed by atoms with Crippen LogP contribution in [0, 0.1) is 12.8 Å². The SMILES string of the molecule is COc1ccc(C)cc1S(=O)(=O)N1CCC(C(N)=O)CC1. The van der Waals surface area contributed by atoms with Crippen molar-refractivity contribution < 1.29 is 17.9 Å². The van der Waals surface area contributed by atoms with Crippen LogP contribution in [-0.2, 0) is 14.8 Å². The molecular weight excluding hydrogens is 292 g/mol. The molecule has 1 amide bonds. The van der Waals surface area contributed by atoms with Crippen molar-refractivity contribution in [3.8, 4) is 5.75 Å². The van der Waals surface area contributed by atoms with Gasteiger partial charge in [-0.1, -0.05) is 6.07 Å². The van der Waals surface area contributed by atoms with E-state index in [1.54, 1.807) is 18.2 Å². The molecule has 1 fully saturated rings. The second-order valence-corrected chi connectivity index (χ2v) is 7.14. The zero-order valence-electron chi connectivity index (χ0n) is 12.2. The van der Waals surface area contributed by atoms with Crippen LogP contribution < -0.4 is 10.5 Å². The minimum atomic E-state index is -3.62. The highest BCUT2D eigenvalue weighted by Crippen LogP contribution is 2.30. The quantitative estimate of drug-likeness (QED) is 0.894. The number of benzene rings is 1. The van der Waals surface area contributed by atoms with Gasteiger partial charge in [0.25, 0.3) is 0 Å². The number of aryl methyl sites for hydroxylation is 1. The molecule has 0 spiro atoms. The number of primary amides is 1. The van der Waals surface area contributed by atoms with Gasteiger partial charge < -0.3 is 10.5 Å². The van der Waals surface area contributed by atoms with Crippen LogP contribution in [0.3, 0.4) is 0 Å². The summed E-state index contributed by atoms with van der Waals surface area (Å²) >= 11 is 0. The van der Waals surface area contributed by atoms with E-state index >= 15 is 0 Å². The average Bonchev–Trinajstić information content (AvgIpc) is 2.47. The first kappa shape index (κ1) is 15.8. The highest BCUT2D eigenvalue weighted by atomic mass is 32.2. The number of hydrogen-bond acceptors (Lipinski definition) is 4. The number of amides is 1. The summed E-state index contributed by atoms with van der Waals surface area (Å²) in [5, 5.41) is 0. The number of methoxy groups -OCH3 is 1. The van der Waals surface area contributed by atoms with Crippen LogP contribution in [0.15, 0.2) is 23.1 Å². The van der Waals surface area contributed by atoms with Crippen molar-refractivity contribution in [2.75, 3.05) is 20.2 Å². The number of carbonyl (C=O) groups excluding carboxylic acids is 1. The molecule has 0 radical (unpaired) electrons. The van der Waals surface area contributed by atoms with Crippen LogP contribution in [0.2, 0.25) is 0 Å². The van der Waals surface area contributed by atoms with Crippen molar-refractivity contribution in [1.29, 1.82) is 0 Å². The van der Waals surface area contributed by atoms with Gasteiger partial charge in [-0.3, -0.25) is 4.79 Å². The molecule has 0 aliphatic carbocycles. The number of rotatable bonds is 4. The van der Waals surface area contributed by atoms with Crippen molar-refractivity contribution in [2.24, 2.45) is 11.7 Å². The Morgan fingerprint density at radius 2 is 1.95 bits per heavy atom. The van der Waals surface area contributed by atoms with E-state index in [0.29, 0.717) is 31.7 Å². The van der Waals surface area contributed by atoms with Crippen LogP contribution in [0.25, 0.3) is 0 Å². The topological polar surface area (TPSA) is 89.7 Å². The van der Waals surface area contributed by atoms with Crippen molar-refractivity contribution in [2.45, 2.75) is 24.7 Å². The van der Waals surface area contributed by atoms with E-state index in [0.717, 1.165) is 5.56 Å². The predicted molar refractivity (Wildman–Crippen MR) is 78.4 cm³/mol. The van der Waals surface area contributed by atoms with Crippen LogP contribution in [0.1, 0.15) is 18.4 Å². The maximum absolute atomic E-state index is 12.7. The third-order valence-electron chi connectivity index (χ3n) is 3.79. The Balaban J connectivity index is 2.27. The van der Waals surface area contributed by atoms with Crippen molar-refractivity contribution in [1.82, 2.24) is 4.31 Å². The summed E-state index contributed by atoms with van der Waals surface area (Å²) in [6.45, 7) is 2.43. The summed E-state index contributed by atoms with van der Waals surface area (Å²) in [6.07, 6.45) is 0.922. The molecule has 116 valence electrons. The molecule has 1 aromatic rings. The third kappa shape index (κ3) is 3.19. The molecule has 1 heterocycles. The van der Waals surface area contributed by atoms with Gasteiger partial charge in [-0.05, 0) is 37.5 Å². The number of nitrogens with two attached hydrogens (primary N) is 1. The Morgan fingerprint density at radius 3 is 2.48 bits per heavy atom. The maximum atomic E-state index is 12.7. The first-order chi connectivity index (χ1) is 9.86. The standard InChI is InChI=1S/C14H20N2O4S/c1-10-3-4-12(20-2)13(9-10)21(18,19)16-7-5-11(6-8-16)14(15)17/h3-4,9,11H,5-8H2,1-2H3,(H2,15,17). The average molecular weight is 312 g/mol. The molecule has 0 unspecified atom stereocenters. The Labute approximate surface area is 124 Å². The Hall–Kier alpha value is -1.60. The predicted octanol–water partition coefficient (Wildman–Crippen LogP) is 0.890. The second-order valence-electron chi connectivity index (χ2n) is 5.24. The fourth-order valence-electron chi connectivity index (χ4n) is 2.51. The normalized spacial score (nSPS) is 17.6. The van der Waals surface area contributed by atoms with Gasteiger partial charge in [0, 0.05) is 19.0 Å². The van der Waals surface area contributed by atoms with Gasteiger partial charge in [0.15, 0.2) is 0 Å². The van der Waals surface area contributed by atoms with Crippen molar-refractivity contribution >= 4 is 15.9 Å². The van der Waals surface area contributed by atoms with E-state index in [1.165, 1.54) is 11.4 Å². The smallest absolute Gasteiger partial charge is 0.246 e. The lowest BCUT2D eigenvalue weighted by atomic mass is 9.98. The molecule has 0 atom stereocenters. The monoisotopic (exact) mass is 312 g/mol. The Bertz CT molecular complexity index is 634. The summed E-state index contributed by atoms with van der Waals surface area (Å²) in [4.78, 5) is 11.3. The van der Waals surface area contributed by atoms with E-state index in [4.69, 9.17) is 10.5 Å². The van der Waals surface area contributed by atoms with E-state index in [2.05, 4.69) is 0 Å². The van der Waals surface area contributed by atoms with Crippen LogP contribution in [0.4, 0.5) is 0 Å². The number of hydrogen-bond donors (Lipinski definition) is 1. The van der Waals surface area contributed by atoms with Gasteiger partial charge in [-0.15, -0.1) is 0 Å². The largest absolute Gasteiger partial charge is 0.495 e. The zero-order valence-corrected chi connectivity index (χ0v) is 13.0. The molecule has 0 aromatic heterocycles.